The summed E-state index contributed by atoms with van der Waals surface area (Å²) in [5.41, 5.74) is -0.670. The molecule has 2 fully saturated rings. The molecule has 1 aromatic carbocycles. The van der Waals surface area contributed by atoms with Crippen molar-refractivity contribution in [2.75, 3.05) is 13.1 Å². The first-order valence-electron chi connectivity index (χ1n) is 9.33. The van der Waals surface area contributed by atoms with E-state index in [4.69, 9.17) is 4.42 Å². The summed E-state index contributed by atoms with van der Waals surface area (Å²) >= 11 is 0. The highest BCUT2D eigenvalue weighted by Crippen LogP contribution is 2.33. The molecule has 2 aliphatic heterocycles. The number of carbonyl (C=O) groups is 3. The Morgan fingerprint density at radius 2 is 2.07 bits per heavy atom. The summed E-state index contributed by atoms with van der Waals surface area (Å²) in [6.45, 7) is 4.04. The quantitative estimate of drug-likeness (QED) is 0.843. The van der Waals surface area contributed by atoms with Crippen molar-refractivity contribution in [2.24, 2.45) is 0 Å². The highest BCUT2D eigenvalue weighted by molar-refractivity contribution is 6.09. The van der Waals surface area contributed by atoms with E-state index in [9.17, 15) is 14.4 Å². The Kier molecular flexibility index (Phi) is 4.17. The van der Waals surface area contributed by atoms with Crippen molar-refractivity contribution in [3.05, 3.63) is 36.1 Å². The first kappa shape index (κ1) is 17.6. The van der Waals surface area contributed by atoms with Crippen LogP contribution in [-0.4, -0.2) is 46.8 Å². The Morgan fingerprint density at radius 3 is 2.81 bits per heavy atom. The molecule has 1 N–H and O–H groups in total. The van der Waals surface area contributed by atoms with Gasteiger partial charge in [-0.3, -0.25) is 14.5 Å². The van der Waals surface area contributed by atoms with Gasteiger partial charge >= 0.3 is 6.03 Å². The molecule has 2 saturated heterocycles. The van der Waals surface area contributed by atoms with Gasteiger partial charge in [-0.25, -0.2) is 4.79 Å². The molecule has 142 valence electrons. The summed E-state index contributed by atoms with van der Waals surface area (Å²) in [5, 5.41) is 3.55. The van der Waals surface area contributed by atoms with E-state index < -0.39 is 17.5 Å². The van der Waals surface area contributed by atoms with Crippen molar-refractivity contribution in [1.29, 1.82) is 0 Å². The van der Waals surface area contributed by atoms with Gasteiger partial charge in [0.25, 0.3) is 5.91 Å². The molecule has 4 amide bonds. The molecule has 7 heteroatoms. The van der Waals surface area contributed by atoms with Crippen LogP contribution in [0.1, 0.15) is 38.9 Å². The number of urea groups is 1. The van der Waals surface area contributed by atoms with E-state index in [1.807, 2.05) is 31.2 Å². The van der Waals surface area contributed by atoms with Crippen LogP contribution >= 0.6 is 0 Å². The van der Waals surface area contributed by atoms with E-state index in [1.165, 1.54) is 0 Å². The van der Waals surface area contributed by atoms with E-state index in [1.54, 1.807) is 17.9 Å². The molecule has 2 unspecified atom stereocenters. The van der Waals surface area contributed by atoms with Crippen LogP contribution in [0.5, 0.6) is 0 Å². The molecule has 1 aromatic heterocycles. The zero-order chi connectivity index (χ0) is 19.2. The molecule has 2 aromatic rings. The van der Waals surface area contributed by atoms with Gasteiger partial charge in [0.05, 0.1) is 0 Å². The standard InChI is InChI=1S/C20H23N3O4/c1-13-7-5-6-10-22(13)17(24)12-23-18(25)20(2,21-19(23)26)16-11-14-8-3-4-9-15(14)27-16/h3-4,8-9,11,13H,5-7,10,12H2,1-2H3,(H,21,26). The number of benzene rings is 1. The number of piperidine rings is 1. The smallest absolute Gasteiger partial charge is 0.325 e. The lowest BCUT2D eigenvalue weighted by Crippen LogP contribution is -2.48. The van der Waals surface area contributed by atoms with Crippen LogP contribution in [-0.2, 0) is 15.1 Å². The lowest BCUT2D eigenvalue weighted by Gasteiger charge is -2.34. The number of imide groups is 1. The molecule has 4 rings (SSSR count). The van der Waals surface area contributed by atoms with Gasteiger partial charge in [-0.15, -0.1) is 0 Å². The molecule has 0 aliphatic carbocycles. The minimum Gasteiger partial charge on any atom is -0.458 e. The molecule has 0 bridgehead atoms. The number of carbonyl (C=O) groups excluding carboxylic acids is 3. The monoisotopic (exact) mass is 369 g/mol. The molecule has 0 spiro atoms. The zero-order valence-corrected chi connectivity index (χ0v) is 15.5. The minimum absolute atomic E-state index is 0.133. The van der Waals surface area contributed by atoms with Crippen molar-refractivity contribution in [3.63, 3.8) is 0 Å². The Bertz CT molecular complexity index is 888. The number of nitrogens with zero attached hydrogens (tertiary/aromatic N) is 2. The second kappa shape index (κ2) is 6.40. The van der Waals surface area contributed by atoms with E-state index in [0.29, 0.717) is 17.9 Å². The molecule has 3 heterocycles. The third-order valence-electron chi connectivity index (χ3n) is 5.61. The topological polar surface area (TPSA) is 82.9 Å². The van der Waals surface area contributed by atoms with Gasteiger partial charge < -0.3 is 14.6 Å². The maximum Gasteiger partial charge on any atom is 0.325 e. The average molecular weight is 369 g/mol. The molecule has 27 heavy (non-hydrogen) atoms. The lowest BCUT2D eigenvalue weighted by atomic mass is 9.98. The second-order valence-corrected chi connectivity index (χ2v) is 7.53. The number of likely N-dealkylation sites (tertiary alicyclic amines) is 1. The van der Waals surface area contributed by atoms with Gasteiger partial charge in [0, 0.05) is 18.0 Å². The molecular formula is C20H23N3O4. The highest BCUT2D eigenvalue weighted by atomic mass is 16.3. The van der Waals surface area contributed by atoms with Crippen molar-refractivity contribution < 1.29 is 18.8 Å². The second-order valence-electron chi connectivity index (χ2n) is 7.53. The fraction of sp³-hybridized carbons (Fsp3) is 0.450. The SMILES string of the molecule is CC1CCCCN1C(=O)CN1C(=O)NC(C)(c2cc3ccccc3o2)C1=O. The van der Waals surface area contributed by atoms with Crippen LogP contribution in [0.4, 0.5) is 4.79 Å². The van der Waals surface area contributed by atoms with Gasteiger partial charge in [0.2, 0.25) is 5.91 Å². The molecule has 0 radical (unpaired) electrons. The van der Waals surface area contributed by atoms with E-state index >= 15 is 0 Å². The fourth-order valence-electron chi connectivity index (χ4n) is 3.93. The van der Waals surface area contributed by atoms with Crippen LogP contribution in [0.15, 0.2) is 34.7 Å². The Hall–Kier alpha value is -2.83. The number of hydrogen-bond donors (Lipinski definition) is 1. The molecule has 2 aliphatic rings. The van der Waals surface area contributed by atoms with Crippen LogP contribution < -0.4 is 5.32 Å². The van der Waals surface area contributed by atoms with Crippen LogP contribution in [0, 0.1) is 0 Å². The summed E-state index contributed by atoms with van der Waals surface area (Å²) < 4.78 is 5.80. The molecular weight excluding hydrogens is 346 g/mol. The van der Waals surface area contributed by atoms with Crippen molar-refractivity contribution in [1.82, 2.24) is 15.1 Å². The summed E-state index contributed by atoms with van der Waals surface area (Å²) in [5.74, 6) is -0.299. The third-order valence-corrected chi connectivity index (χ3v) is 5.61. The van der Waals surface area contributed by atoms with Crippen LogP contribution in [0.3, 0.4) is 0 Å². The summed E-state index contributed by atoms with van der Waals surface area (Å²) in [6.07, 6.45) is 2.99. The average Bonchev–Trinajstić information content (AvgIpc) is 3.18. The first-order valence-corrected chi connectivity index (χ1v) is 9.33. The number of para-hydroxylation sites is 1. The van der Waals surface area contributed by atoms with Gasteiger partial charge in [-0.05, 0) is 45.2 Å². The summed E-state index contributed by atoms with van der Waals surface area (Å²) in [6, 6.07) is 8.73. The summed E-state index contributed by atoms with van der Waals surface area (Å²) in [4.78, 5) is 40.9. The van der Waals surface area contributed by atoms with Crippen LogP contribution in [0.25, 0.3) is 11.0 Å². The van der Waals surface area contributed by atoms with Crippen LogP contribution in [0.2, 0.25) is 0 Å². The number of amides is 4. The minimum atomic E-state index is -1.32. The molecule has 2 atom stereocenters. The maximum absolute atomic E-state index is 13.0. The Morgan fingerprint density at radius 1 is 1.30 bits per heavy atom. The zero-order valence-electron chi connectivity index (χ0n) is 15.5. The van der Waals surface area contributed by atoms with Gasteiger partial charge in [0.1, 0.15) is 17.9 Å². The van der Waals surface area contributed by atoms with Gasteiger partial charge in [0.15, 0.2) is 5.54 Å². The fourth-order valence-corrected chi connectivity index (χ4v) is 3.93. The molecule has 0 saturated carbocycles. The number of hydrogen-bond acceptors (Lipinski definition) is 4. The number of rotatable bonds is 3. The predicted octanol–water partition coefficient (Wildman–Crippen LogP) is 2.60. The normalized spacial score (nSPS) is 25.9. The number of furan rings is 1. The first-order chi connectivity index (χ1) is 12.9. The van der Waals surface area contributed by atoms with Crippen molar-refractivity contribution in [2.45, 2.75) is 44.7 Å². The third kappa shape index (κ3) is 2.87. The highest BCUT2D eigenvalue weighted by Gasteiger charge is 2.52. The maximum atomic E-state index is 13.0. The van der Waals surface area contributed by atoms with Gasteiger partial charge in [-0.1, -0.05) is 18.2 Å². The van der Waals surface area contributed by atoms with E-state index in [2.05, 4.69) is 5.32 Å². The largest absolute Gasteiger partial charge is 0.458 e. The van der Waals surface area contributed by atoms with Crippen molar-refractivity contribution >= 4 is 28.8 Å². The number of nitrogens with one attached hydrogen (secondary N) is 1. The predicted molar refractivity (Wildman–Crippen MR) is 98.8 cm³/mol. The van der Waals surface area contributed by atoms with E-state index in [0.717, 1.165) is 29.5 Å². The Balaban J connectivity index is 1.56. The van der Waals surface area contributed by atoms with Crippen molar-refractivity contribution in [3.8, 4) is 0 Å². The lowest BCUT2D eigenvalue weighted by molar-refractivity contribution is -0.141. The van der Waals surface area contributed by atoms with Gasteiger partial charge in [-0.2, -0.15) is 0 Å². The molecule has 7 nitrogen and oxygen atoms in total. The Labute approximate surface area is 157 Å². The van der Waals surface area contributed by atoms with E-state index in [-0.39, 0.29) is 18.5 Å². The summed E-state index contributed by atoms with van der Waals surface area (Å²) in [7, 11) is 0. The number of fused-ring (bicyclic) bond motifs is 1.